The predicted octanol–water partition coefficient (Wildman–Crippen LogP) is 3.07. The van der Waals surface area contributed by atoms with Gasteiger partial charge in [-0.15, -0.1) is 0 Å². The second-order valence-corrected chi connectivity index (χ2v) is 8.25. The minimum absolute atomic E-state index is 0.0473. The predicted molar refractivity (Wildman–Crippen MR) is 79.4 cm³/mol. The number of fused-ring (bicyclic) bond motifs is 5. The molecule has 3 saturated carbocycles. The summed E-state index contributed by atoms with van der Waals surface area (Å²) < 4.78 is 5.39. The standard InChI is InChI=1S/C18H26O3/c1-17-8-7-14-12(13(17)5-6-15(17)19)4-3-11-9-16(20)21-10-18(11,14)2/h9,12-15,19H,3-8,10H2,1-2H3. The summed E-state index contributed by atoms with van der Waals surface area (Å²) in [5.74, 6) is 1.81. The molecule has 0 amide bonds. The zero-order valence-corrected chi connectivity index (χ0v) is 13.1. The third-order valence-corrected chi connectivity index (χ3v) is 7.49. The van der Waals surface area contributed by atoms with Gasteiger partial charge in [0.25, 0.3) is 0 Å². The van der Waals surface area contributed by atoms with E-state index in [0.717, 1.165) is 19.3 Å². The maximum atomic E-state index is 11.6. The van der Waals surface area contributed by atoms with Crippen molar-refractivity contribution in [1.29, 1.82) is 0 Å². The molecule has 1 heterocycles. The van der Waals surface area contributed by atoms with Crippen molar-refractivity contribution in [3.05, 3.63) is 11.6 Å². The first-order chi connectivity index (χ1) is 9.95. The Kier molecular flexibility index (Phi) is 2.86. The van der Waals surface area contributed by atoms with E-state index in [2.05, 4.69) is 13.8 Å². The van der Waals surface area contributed by atoms with E-state index in [-0.39, 0.29) is 22.9 Å². The Labute approximate surface area is 126 Å². The minimum atomic E-state index is -0.155. The van der Waals surface area contributed by atoms with Crippen LogP contribution >= 0.6 is 0 Å². The molecule has 4 rings (SSSR count). The zero-order chi connectivity index (χ0) is 14.8. The first-order valence-corrected chi connectivity index (χ1v) is 8.51. The lowest BCUT2D eigenvalue weighted by atomic mass is 9.49. The van der Waals surface area contributed by atoms with Gasteiger partial charge in [0.15, 0.2) is 0 Å². The molecule has 1 aliphatic heterocycles. The maximum Gasteiger partial charge on any atom is 0.330 e. The molecule has 1 N–H and O–H groups in total. The molecule has 116 valence electrons. The van der Waals surface area contributed by atoms with Crippen LogP contribution in [0.2, 0.25) is 0 Å². The minimum Gasteiger partial charge on any atom is -0.462 e. The van der Waals surface area contributed by atoms with E-state index >= 15 is 0 Å². The second-order valence-electron chi connectivity index (χ2n) is 8.25. The second kappa shape index (κ2) is 4.34. The lowest BCUT2D eigenvalue weighted by Gasteiger charge is -2.57. The summed E-state index contributed by atoms with van der Waals surface area (Å²) in [5.41, 5.74) is 1.50. The number of carbonyl (C=O) groups is 1. The topological polar surface area (TPSA) is 46.5 Å². The van der Waals surface area contributed by atoms with Crippen LogP contribution in [-0.4, -0.2) is 23.8 Å². The number of ether oxygens (including phenoxy) is 1. The third-order valence-electron chi connectivity index (χ3n) is 7.49. The van der Waals surface area contributed by atoms with Crippen molar-refractivity contribution >= 4 is 5.97 Å². The van der Waals surface area contributed by atoms with Gasteiger partial charge in [0, 0.05) is 11.5 Å². The van der Waals surface area contributed by atoms with E-state index in [0.29, 0.717) is 24.4 Å². The number of aliphatic hydroxyl groups is 1. The molecule has 6 atom stereocenters. The van der Waals surface area contributed by atoms with E-state index in [9.17, 15) is 9.90 Å². The van der Waals surface area contributed by atoms with Crippen molar-refractivity contribution in [1.82, 2.24) is 0 Å². The largest absolute Gasteiger partial charge is 0.462 e. The van der Waals surface area contributed by atoms with Gasteiger partial charge in [0.2, 0.25) is 0 Å². The molecule has 0 radical (unpaired) electrons. The molecule has 0 spiro atoms. The average molecular weight is 290 g/mol. The molecule has 3 heteroatoms. The summed E-state index contributed by atoms with van der Waals surface area (Å²) in [7, 11) is 0. The Hall–Kier alpha value is -0.830. The number of hydrogen-bond donors (Lipinski definition) is 1. The van der Waals surface area contributed by atoms with Crippen LogP contribution in [0.5, 0.6) is 0 Å². The average Bonchev–Trinajstić information content (AvgIpc) is 2.76. The molecule has 0 aromatic rings. The number of esters is 1. The van der Waals surface area contributed by atoms with Gasteiger partial charge >= 0.3 is 5.97 Å². The summed E-state index contributed by atoms with van der Waals surface area (Å²) in [6.07, 6.45) is 8.31. The zero-order valence-electron chi connectivity index (χ0n) is 13.1. The number of rotatable bonds is 0. The van der Waals surface area contributed by atoms with Crippen molar-refractivity contribution in [2.75, 3.05) is 6.61 Å². The summed E-state index contributed by atoms with van der Waals surface area (Å²) >= 11 is 0. The summed E-state index contributed by atoms with van der Waals surface area (Å²) in [4.78, 5) is 11.6. The maximum absolute atomic E-state index is 11.6. The Bertz CT molecular complexity index is 511. The number of carbonyl (C=O) groups excluding carboxylic acids is 1. The molecule has 0 saturated heterocycles. The Morgan fingerprint density at radius 1 is 1.19 bits per heavy atom. The first kappa shape index (κ1) is 13.8. The van der Waals surface area contributed by atoms with Gasteiger partial charge in [0.1, 0.15) is 6.61 Å². The molecule has 6 unspecified atom stereocenters. The van der Waals surface area contributed by atoms with Crippen LogP contribution in [0.1, 0.15) is 52.4 Å². The van der Waals surface area contributed by atoms with Crippen molar-refractivity contribution in [2.45, 2.75) is 58.5 Å². The highest BCUT2D eigenvalue weighted by atomic mass is 16.5. The first-order valence-electron chi connectivity index (χ1n) is 8.51. The van der Waals surface area contributed by atoms with Crippen LogP contribution in [0, 0.1) is 28.6 Å². The molecule has 0 aromatic carbocycles. The van der Waals surface area contributed by atoms with Crippen molar-refractivity contribution in [3.63, 3.8) is 0 Å². The molecule has 0 bridgehead atoms. The molecule has 3 nitrogen and oxygen atoms in total. The van der Waals surface area contributed by atoms with Gasteiger partial charge in [-0.05, 0) is 61.7 Å². The van der Waals surface area contributed by atoms with E-state index in [4.69, 9.17) is 4.74 Å². The Morgan fingerprint density at radius 3 is 2.81 bits per heavy atom. The Morgan fingerprint density at radius 2 is 2.00 bits per heavy atom. The number of aliphatic hydroxyl groups excluding tert-OH is 1. The summed E-state index contributed by atoms with van der Waals surface area (Å²) in [5, 5.41) is 10.4. The van der Waals surface area contributed by atoms with Gasteiger partial charge in [-0.25, -0.2) is 4.79 Å². The summed E-state index contributed by atoms with van der Waals surface area (Å²) in [6.45, 7) is 5.17. The fourth-order valence-corrected chi connectivity index (χ4v) is 6.14. The van der Waals surface area contributed by atoms with E-state index in [1.807, 2.05) is 0 Å². The quantitative estimate of drug-likeness (QED) is 0.697. The van der Waals surface area contributed by atoms with Gasteiger partial charge in [0.05, 0.1) is 6.10 Å². The Balaban J connectivity index is 1.69. The number of cyclic esters (lactones) is 1. The van der Waals surface area contributed by atoms with Gasteiger partial charge in [-0.1, -0.05) is 19.4 Å². The van der Waals surface area contributed by atoms with E-state index in [1.165, 1.54) is 24.8 Å². The van der Waals surface area contributed by atoms with E-state index < -0.39 is 0 Å². The highest BCUT2D eigenvalue weighted by molar-refractivity contribution is 5.84. The molecular weight excluding hydrogens is 264 g/mol. The molecule has 4 aliphatic rings. The van der Waals surface area contributed by atoms with Gasteiger partial charge < -0.3 is 9.84 Å². The summed E-state index contributed by atoms with van der Waals surface area (Å²) in [6, 6.07) is 0. The van der Waals surface area contributed by atoms with Crippen LogP contribution < -0.4 is 0 Å². The van der Waals surface area contributed by atoms with Crippen molar-refractivity contribution in [2.24, 2.45) is 28.6 Å². The lowest BCUT2D eigenvalue weighted by Crippen LogP contribution is -2.52. The van der Waals surface area contributed by atoms with Crippen LogP contribution in [0.3, 0.4) is 0 Å². The SMILES string of the molecule is CC12COC(=O)C=C1CCC1C2CCC2(C)C(O)CCC12. The third kappa shape index (κ3) is 1.73. The fraction of sp³-hybridized carbons (Fsp3) is 0.833. The van der Waals surface area contributed by atoms with Crippen molar-refractivity contribution < 1.29 is 14.6 Å². The molecule has 3 fully saturated rings. The normalized spacial score (nSPS) is 52.3. The lowest BCUT2D eigenvalue weighted by molar-refractivity contribution is -0.149. The molecular formula is C18H26O3. The van der Waals surface area contributed by atoms with Crippen LogP contribution in [0.4, 0.5) is 0 Å². The van der Waals surface area contributed by atoms with Crippen LogP contribution in [0.15, 0.2) is 11.6 Å². The molecule has 21 heavy (non-hydrogen) atoms. The fourth-order valence-electron chi connectivity index (χ4n) is 6.14. The smallest absolute Gasteiger partial charge is 0.330 e. The molecule has 3 aliphatic carbocycles. The van der Waals surface area contributed by atoms with Crippen molar-refractivity contribution in [3.8, 4) is 0 Å². The van der Waals surface area contributed by atoms with Crippen LogP contribution in [0.25, 0.3) is 0 Å². The van der Waals surface area contributed by atoms with E-state index in [1.54, 1.807) is 6.08 Å². The monoisotopic (exact) mass is 290 g/mol. The van der Waals surface area contributed by atoms with Gasteiger partial charge in [-0.2, -0.15) is 0 Å². The molecule has 0 aromatic heterocycles. The van der Waals surface area contributed by atoms with Gasteiger partial charge in [-0.3, -0.25) is 0 Å². The highest BCUT2D eigenvalue weighted by Crippen LogP contribution is 2.64. The van der Waals surface area contributed by atoms with Crippen LogP contribution in [-0.2, 0) is 9.53 Å². The number of hydrogen-bond acceptors (Lipinski definition) is 3. The highest BCUT2D eigenvalue weighted by Gasteiger charge is 2.59.